The summed E-state index contributed by atoms with van der Waals surface area (Å²) in [7, 11) is 0. The van der Waals surface area contributed by atoms with Crippen molar-refractivity contribution in [2.75, 3.05) is 0 Å². The first-order chi connectivity index (χ1) is 27.7. The van der Waals surface area contributed by atoms with Crippen LogP contribution in [0.5, 0.6) is 0 Å². The molecule has 0 N–H and O–H groups in total. The summed E-state index contributed by atoms with van der Waals surface area (Å²) in [5.41, 5.74) is 10.2. The first-order valence-corrected chi connectivity index (χ1v) is 19.7. The van der Waals surface area contributed by atoms with E-state index in [1.54, 1.807) is 11.3 Å². The molecular formula is C52H30N2OS. The summed E-state index contributed by atoms with van der Waals surface area (Å²) < 4.78 is 8.83. The number of hydrogen-bond donors (Lipinski definition) is 0. The fraction of sp³-hybridized carbons (Fsp3) is 0. The average molecular weight is 731 g/mol. The summed E-state index contributed by atoms with van der Waals surface area (Å²) >= 11 is 1.75. The summed E-state index contributed by atoms with van der Waals surface area (Å²) in [5.74, 6) is 0.684. The molecule has 0 unspecified atom stereocenters. The van der Waals surface area contributed by atoms with Gasteiger partial charge in [0.05, 0.1) is 15.9 Å². The summed E-state index contributed by atoms with van der Waals surface area (Å²) in [5, 5.41) is 10.8. The van der Waals surface area contributed by atoms with Crippen LogP contribution in [0.25, 0.3) is 119 Å². The lowest BCUT2D eigenvalue weighted by molar-refractivity contribution is 0.669. The van der Waals surface area contributed by atoms with Gasteiger partial charge in [0.2, 0.25) is 0 Å². The number of thiophene rings is 1. The van der Waals surface area contributed by atoms with E-state index in [-0.39, 0.29) is 0 Å². The predicted octanol–water partition coefficient (Wildman–Crippen LogP) is 14.9. The molecule has 3 heterocycles. The smallest absolute Gasteiger partial charge is 0.161 e. The summed E-state index contributed by atoms with van der Waals surface area (Å²) in [6.07, 6.45) is 0. The molecule has 0 fully saturated rings. The zero-order valence-corrected chi connectivity index (χ0v) is 30.8. The van der Waals surface area contributed by atoms with Crippen LogP contribution in [0.4, 0.5) is 0 Å². The van der Waals surface area contributed by atoms with Crippen LogP contribution in [0.1, 0.15) is 0 Å². The Morgan fingerprint density at radius 2 is 0.964 bits per heavy atom. The molecular weight excluding hydrogens is 701 g/mol. The second kappa shape index (κ2) is 12.2. The molecule has 56 heavy (non-hydrogen) atoms. The highest BCUT2D eigenvalue weighted by atomic mass is 32.1. The van der Waals surface area contributed by atoms with Crippen molar-refractivity contribution in [2.24, 2.45) is 0 Å². The van der Waals surface area contributed by atoms with E-state index in [0.29, 0.717) is 5.82 Å². The molecule has 4 heteroatoms. The minimum atomic E-state index is 0.684. The van der Waals surface area contributed by atoms with Gasteiger partial charge in [-0.15, -0.1) is 11.3 Å². The van der Waals surface area contributed by atoms with Gasteiger partial charge >= 0.3 is 0 Å². The standard InChI is InChI=1S/C52H30N2OS/c1-2-12-31(13-3-1)32-14-10-15-35(28-32)49-51-50(41-20-8-9-23-47(41)56-51)54-52(53-49)42-21-11-22-46-48(42)44-30-34(25-27-45(44)55-46)33-24-26-40-38-18-5-4-16-36(38)37-17-6-7-19-39(37)43(40)29-33/h1-30H. The van der Waals surface area contributed by atoms with E-state index < -0.39 is 0 Å². The zero-order valence-electron chi connectivity index (χ0n) is 30.0. The Hall–Kier alpha value is -7.14. The van der Waals surface area contributed by atoms with Crippen LogP contribution >= 0.6 is 11.3 Å². The molecule has 3 nitrogen and oxygen atoms in total. The van der Waals surface area contributed by atoms with Gasteiger partial charge in [-0.1, -0.05) is 146 Å². The fourth-order valence-electron chi connectivity index (χ4n) is 8.66. The molecule has 0 amide bonds. The van der Waals surface area contributed by atoms with E-state index in [4.69, 9.17) is 14.4 Å². The molecule has 12 rings (SSSR count). The number of fused-ring (bicyclic) bond motifs is 12. The Bertz CT molecular complexity index is 3510. The highest BCUT2D eigenvalue weighted by molar-refractivity contribution is 7.26. The van der Waals surface area contributed by atoms with Gasteiger partial charge < -0.3 is 4.42 Å². The minimum absolute atomic E-state index is 0.684. The summed E-state index contributed by atoms with van der Waals surface area (Å²) in [4.78, 5) is 10.8. The average Bonchev–Trinajstić information content (AvgIpc) is 3.84. The van der Waals surface area contributed by atoms with E-state index in [0.717, 1.165) is 71.1 Å². The second-order valence-corrected chi connectivity index (χ2v) is 15.5. The van der Waals surface area contributed by atoms with Crippen LogP contribution in [-0.4, -0.2) is 9.97 Å². The third-order valence-corrected chi connectivity index (χ3v) is 12.4. The number of benzene rings is 9. The Labute approximate surface area is 325 Å². The molecule has 0 atom stereocenters. The minimum Gasteiger partial charge on any atom is -0.456 e. The van der Waals surface area contributed by atoms with Crippen molar-refractivity contribution >= 4 is 85.9 Å². The van der Waals surface area contributed by atoms with E-state index >= 15 is 0 Å². The number of rotatable bonds is 4. The molecule has 3 aromatic heterocycles. The van der Waals surface area contributed by atoms with E-state index in [2.05, 4.69) is 182 Å². The molecule has 0 saturated heterocycles. The van der Waals surface area contributed by atoms with Crippen molar-refractivity contribution in [1.29, 1.82) is 0 Å². The molecule has 0 spiro atoms. The molecule has 260 valence electrons. The van der Waals surface area contributed by atoms with Crippen molar-refractivity contribution in [1.82, 2.24) is 9.97 Å². The molecule has 0 aliphatic carbocycles. The number of nitrogens with zero attached hydrogens (tertiary/aromatic N) is 2. The fourth-order valence-corrected chi connectivity index (χ4v) is 9.82. The SMILES string of the molecule is c1ccc(-c2cccc(-c3nc(-c4cccc5oc6ccc(-c7ccc8c9ccccc9c9ccccc9c8c7)cc6c45)nc4c3sc3ccccc34)c2)cc1. The first-order valence-electron chi connectivity index (χ1n) is 18.9. The molecule has 0 bridgehead atoms. The van der Waals surface area contributed by atoms with Gasteiger partial charge in [-0.25, -0.2) is 9.97 Å². The van der Waals surface area contributed by atoms with E-state index in [1.165, 1.54) is 42.6 Å². The molecule has 12 aromatic rings. The third kappa shape index (κ3) is 4.76. The maximum absolute atomic E-state index is 6.55. The van der Waals surface area contributed by atoms with Crippen molar-refractivity contribution in [3.63, 3.8) is 0 Å². The number of furan rings is 1. The van der Waals surface area contributed by atoms with Crippen LogP contribution in [0.2, 0.25) is 0 Å². The molecule has 0 saturated carbocycles. The summed E-state index contributed by atoms with van der Waals surface area (Å²) in [6.45, 7) is 0. The Balaban J connectivity index is 1.07. The largest absolute Gasteiger partial charge is 0.456 e. The lowest BCUT2D eigenvalue weighted by atomic mass is 9.92. The molecule has 9 aromatic carbocycles. The molecule has 0 aliphatic heterocycles. The van der Waals surface area contributed by atoms with Crippen LogP contribution < -0.4 is 0 Å². The maximum Gasteiger partial charge on any atom is 0.161 e. The van der Waals surface area contributed by atoms with Gasteiger partial charge in [0.15, 0.2) is 5.82 Å². The van der Waals surface area contributed by atoms with Crippen LogP contribution in [0.15, 0.2) is 186 Å². The number of aromatic nitrogens is 2. The van der Waals surface area contributed by atoms with Crippen molar-refractivity contribution in [3.8, 4) is 44.9 Å². The van der Waals surface area contributed by atoms with E-state index in [9.17, 15) is 0 Å². The zero-order chi connectivity index (χ0) is 36.7. The van der Waals surface area contributed by atoms with Crippen molar-refractivity contribution in [3.05, 3.63) is 182 Å². The predicted molar refractivity (Wildman–Crippen MR) is 236 cm³/mol. The van der Waals surface area contributed by atoms with E-state index in [1.807, 2.05) is 0 Å². The third-order valence-electron chi connectivity index (χ3n) is 11.3. The van der Waals surface area contributed by atoms with Crippen LogP contribution in [-0.2, 0) is 0 Å². The lowest BCUT2D eigenvalue weighted by Crippen LogP contribution is -1.94. The topological polar surface area (TPSA) is 38.9 Å². The van der Waals surface area contributed by atoms with Crippen molar-refractivity contribution < 1.29 is 4.42 Å². The second-order valence-electron chi connectivity index (χ2n) is 14.5. The lowest BCUT2D eigenvalue weighted by Gasteiger charge is -2.12. The molecule has 0 aliphatic rings. The molecule has 0 radical (unpaired) electrons. The van der Waals surface area contributed by atoms with Crippen LogP contribution in [0, 0.1) is 0 Å². The van der Waals surface area contributed by atoms with Crippen molar-refractivity contribution in [2.45, 2.75) is 0 Å². The van der Waals surface area contributed by atoms with Gasteiger partial charge in [0.1, 0.15) is 11.2 Å². The maximum atomic E-state index is 6.55. The number of hydrogen-bond acceptors (Lipinski definition) is 4. The van der Waals surface area contributed by atoms with Crippen LogP contribution in [0.3, 0.4) is 0 Å². The van der Waals surface area contributed by atoms with Gasteiger partial charge in [0.25, 0.3) is 0 Å². The normalized spacial score (nSPS) is 11.9. The Morgan fingerprint density at radius 3 is 1.75 bits per heavy atom. The van der Waals surface area contributed by atoms with Gasteiger partial charge in [0, 0.05) is 32.0 Å². The Kier molecular flexibility index (Phi) is 6.80. The highest BCUT2D eigenvalue weighted by Gasteiger charge is 2.21. The van der Waals surface area contributed by atoms with Gasteiger partial charge in [-0.05, 0) is 91.0 Å². The first kappa shape index (κ1) is 31.2. The highest BCUT2D eigenvalue weighted by Crippen LogP contribution is 2.43. The summed E-state index contributed by atoms with van der Waals surface area (Å²) in [6, 6.07) is 64.9. The Morgan fingerprint density at radius 1 is 0.375 bits per heavy atom. The van der Waals surface area contributed by atoms with Gasteiger partial charge in [-0.3, -0.25) is 0 Å². The monoisotopic (exact) mass is 730 g/mol. The van der Waals surface area contributed by atoms with Gasteiger partial charge in [-0.2, -0.15) is 0 Å². The quantitative estimate of drug-likeness (QED) is 0.169.